The molecule has 0 aliphatic carbocycles. The van der Waals surface area contributed by atoms with Gasteiger partial charge in [0.05, 0.1) is 11.9 Å². The van der Waals surface area contributed by atoms with Crippen molar-refractivity contribution in [3.63, 3.8) is 0 Å². The fourth-order valence-electron chi connectivity index (χ4n) is 0.698. The molecule has 1 unspecified atom stereocenters. The number of ether oxygens (including phenoxy) is 1. The molecule has 0 amide bonds. The van der Waals surface area contributed by atoms with Gasteiger partial charge in [0.15, 0.2) is 5.75 Å². The third-order valence-electron chi connectivity index (χ3n) is 1.30. The number of rotatable bonds is 3. The van der Waals surface area contributed by atoms with Gasteiger partial charge in [-0.2, -0.15) is 8.78 Å². The zero-order valence-corrected chi connectivity index (χ0v) is 6.75. The number of nitrogen functional groups attached to an aromatic ring is 1. The van der Waals surface area contributed by atoms with Crippen LogP contribution in [0.15, 0.2) is 12.3 Å². The predicted octanol–water partition coefficient (Wildman–Crippen LogP) is 1.74. The average molecular weight is 210 g/mol. The second kappa shape index (κ2) is 4.12. The Morgan fingerprint density at radius 3 is 2.57 bits per heavy atom. The smallest absolute Gasteiger partial charge is 0.304 e. The quantitative estimate of drug-likeness (QED) is 0.610. The molecule has 1 heterocycles. The molecule has 0 bridgehead atoms. The molecule has 0 spiro atoms. The van der Waals surface area contributed by atoms with Crippen LogP contribution in [0.25, 0.3) is 0 Å². The Bertz CT molecular complexity index is 321. The summed E-state index contributed by atoms with van der Waals surface area (Å²) in [6.07, 6.45) is -5.30. The van der Waals surface area contributed by atoms with Gasteiger partial charge in [0.25, 0.3) is 6.36 Å². The minimum absolute atomic E-state index is 0.213. The van der Waals surface area contributed by atoms with Crippen molar-refractivity contribution in [2.75, 3.05) is 5.73 Å². The van der Waals surface area contributed by atoms with E-state index >= 15 is 0 Å². The summed E-state index contributed by atoms with van der Waals surface area (Å²) in [6, 6.07) is 0.629. The molecule has 2 N–H and O–H groups in total. The summed E-state index contributed by atoms with van der Waals surface area (Å²) in [4.78, 5) is 3.11. The van der Waals surface area contributed by atoms with Gasteiger partial charge in [-0.05, 0) is 0 Å². The van der Waals surface area contributed by atoms with E-state index in [4.69, 9.17) is 5.73 Å². The number of anilines is 1. The van der Waals surface area contributed by atoms with Crippen molar-refractivity contribution >= 4 is 5.69 Å². The number of halogens is 4. The van der Waals surface area contributed by atoms with Gasteiger partial charge in [-0.3, -0.25) is 0 Å². The van der Waals surface area contributed by atoms with Gasteiger partial charge in [0, 0.05) is 6.07 Å². The van der Waals surface area contributed by atoms with Gasteiger partial charge >= 0.3 is 6.43 Å². The van der Waals surface area contributed by atoms with Crippen LogP contribution >= 0.6 is 0 Å². The molecule has 0 aromatic carbocycles. The van der Waals surface area contributed by atoms with E-state index in [1.165, 1.54) is 0 Å². The molecular formula is C7H6F4N2O. The van der Waals surface area contributed by atoms with Crippen LogP contribution in [0.1, 0.15) is 0 Å². The van der Waals surface area contributed by atoms with E-state index < -0.39 is 24.5 Å². The van der Waals surface area contributed by atoms with Gasteiger partial charge in [0.1, 0.15) is 0 Å². The van der Waals surface area contributed by atoms with E-state index in [2.05, 4.69) is 9.72 Å². The van der Waals surface area contributed by atoms with Crippen LogP contribution in [0.2, 0.25) is 0 Å². The van der Waals surface area contributed by atoms with Gasteiger partial charge in [-0.1, -0.05) is 0 Å². The lowest BCUT2D eigenvalue weighted by Crippen LogP contribution is -2.20. The van der Waals surface area contributed by atoms with Gasteiger partial charge < -0.3 is 10.5 Å². The number of pyridine rings is 1. The summed E-state index contributed by atoms with van der Waals surface area (Å²) in [5, 5.41) is 0. The van der Waals surface area contributed by atoms with Crippen LogP contribution in [0.5, 0.6) is 5.75 Å². The zero-order chi connectivity index (χ0) is 10.7. The third-order valence-corrected chi connectivity index (χ3v) is 1.30. The van der Waals surface area contributed by atoms with Crippen molar-refractivity contribution in [3.05, 3.63) is 18.2 Å². The number of hydrogen-bond donors (Lipinski definition) is 1. The number of nitrogens with two attached hydrogens (primary N) is 1. The Balaban J connectivity index is 2.80. The molecule has 1 atom stereocenters. The Kier molecular flexibility index (Phi) is 3.10. The highest BCUT2D eigenvalue weighted by Crippen LogP contribution is 2.23. The summed E-state index contributed by atoms with van der Waals surface area (Å²) in [5.74, 6) is -1.49. The van der Waals surface area contributed by atoms with Gasteiger partial charge in [-0.15, -0.1) is 0 Å². The number of aromatic nitrogens is 1. The first-order chi connectivity index (χ1) is 6.50. The number of nitrogens with zero attached hydrogens (tertiary/aromatic N) is 1. The standard InChI is InChI=1S/C7H6F4N2O/c8-5-1-4(3(12)2-13-5)14-7(11)6(9)10/h1-2,6-7H,12H2. The molecule has 1 aromatic rings. The highest BCUT2D eigenvalue weighted by Gasteiger charge is 2.22. The zero-order valence-electron chi connectivity index (χ0n) is 6.75. The summed E-state index contributed by atoms with van der Waals surface area (Å²) in [7, 11) is 0. The maximum absolute atomic E-state index is 12.4. The van der Waals surface area contributed by atoms with Crippen molar-refractivity contribution in [3.8, 4) is 5.75 Å². The first-order valence-electron chi connectivity index (χ1n) is 3.50. The van der Waals surface area contributed by atoms with Crippen LogP contribution in [-0.2, 0) is 0 Å². The van der Waals surface area contributed by atoms with Crippen molar-refractivity contribution < 1.29 is 22.3 Å². The molecule has 0 fully saturated rings. The minimum atomic E-state index is -3.31. The molecule has 7 heteroatoms. The number of alkyl halides is 3. The lowest BCUT2D eigenvalue weighted by molar-refractivity contribution is -0.0666. The SMILES string of the molecule is Nc1cnc(F)cc1OC(F)C(F)F. The van der Waals surface area contributed by atoms with E-state index in [1.54, 1.807) is 0 Å². The van der Waals surface area contributed by atoms with E-state index in [0.717, 1.165) is 6.20 Å². The maximum Gasteiger partial charge on any atom is 0.304 e. The van der Waals surface area contributed by atoms with Gasteiger partial charge in [0.2, 0.25) is 5.95 Å². The second-order valence-electron chi connectivity index (χ2n) is 2.35. The molecule has 14 heavy (non-hydrogen) atoms. The second-order valence-corrected chi connectivity index (χ2v) is 2.35. The Morgan fingerprint density at radius 1 is 1.36 bits per heavy atom. The lowest BCUT2D eigenvalue weighted by Gasteiger charge is -2.11. The fraction of sp³-hybridized carbons (Fsp3) is 0.286. The summed E-state index contributed by atoms with van der Waals surface area (Å²) < 4.78 is 52.3. The molecule has 0 aliphatic rings. The Hall–Kier alpha value is -1.53. The van der Waals surface area contributed by atoms with Gasteiger partial charge in [-0.25, -0.2) is 13.8 Å². The van der Waals surface area contributed by atoms with E-state index in [0.29, 0.717) is 6.07 Å². The molecule has 1 rings (SSSR count). The lowest BCUT2D eigenvalue weighted by atomic mass is 10.4. The van der Waals surface area contributed by atoms with E-state index in [1.807, 2.05) is 0 Å². The number of hydrogen-bond acceptors (Lipinski definition) is 3. The monoisotopic (exact) mass is 210 g/mol. The largest absolute Gasteiger partial charge is 0.452 e. The first-order valence-corrected chi connectivity index (χ1v) is 3.50. The topological polar surface area (TPSA) is 48.1 Å². The molecule has 78 valence electrons. The maximum atomic E-state index is 12.4. The van der Waals surface area contributed by atoms with Crippen molar-refractivity contribution in [1.29, 1.82) is 0 Å². The normalized spacial score (nSPS) is 12.9. The molecule has 0 aliphatic heterocycles. The summed E-state index contributed by atoms with van der Waals surface area (Å²) >= 11 is 0. The Morgan fingerprint density at radius 2 is 2.00 bits per heavy atom. The van der Waals surface area contributed by atoms with Crippen LogP contribution in [0.3, 0.4) is 0 Å². The van der Waals surface area contributed by atoms with Crippen LogP contribution in [-0.4, -0.2) is 17.8 Å². The molecule has 1 aromatic heterocycles. The van der Waals surface area contributed by atoms with Crippen molar-refractivity contribution in [1.82, 2.24) is 4.98 Å². The molecule has 0 radical (unpaired) electrons. The van der Waals surface area contributed by atoms with E-state index in [9.17, 15) is 17.6 Å². The van der Waals surface area contributed by atoms with Crippen LogP contribution in [0, 0.1) is 5.95 Å². The predicted molar refractivity (Wildman–Crippen MR) is 40.1 cm³/mol. The van der Waals surface area contributed by atoms with Crippen LogP contribution in [0.4, 0.5) is 23.2 Å². The third kappa shape index (κ3) is 2.48. The molecule has 0 saturated carbocycles. The highest BCUT2D eigenvalue weighted by atomic mass is 19.3. The van der Waals surface area contributed by atoms with Crippen molar-refractivity contribution in [2.45, 2.75) is 12.8 Å². The average Bonchev–Trinajstić information content (AvgIpc) is 2.11. The Labute approximate surface area is 76.5 Å². The highest BCUT2D eigenvalue weighted by molar-refractivity contribution is 5.49. The molecule has 0 saturated heterocycles. The molecule has 3 nitrogen and oxygen atoms in total. The fourth-order valence-corrected chi connectivity index (χ4v) is 0.698. The minimum Gasteiger partial charge on any atom is -0.452 e. The van der Waals surface area contributed by atoms with E-state index in [-0.39, 0.29) is 5.69 Å². The molecular weight excluding hydrogens is 204 g/mol. The van der Waals surface area contributed by atoms with Crippen LogP contribution < -0.4 is 10.5 Å². The van der Waals surface area contributed by atoms with Crippen molar-refractivity contribution in [2.24, 2.45) is 0 Å². The first kappa shape index (κ1) is 10.6. The summed E-state index contributed by atoms with van der Waals surface area (Å²) in [6.45, 7) is 0. The summed E-state index contributed by atoms with van der Waals surface area (Å²) in [5.41, 5.74) is 4.96.